The van der Waals surface area contributed by atoms with Gasteiger partial charge in [0.2, 0.25) is 0 Å². The van der Waals surface area contributed by atoms with Gasteiger partial charge in [-0.3, -0.25) is 0 Å². The maximum atomic E-state index is 10.8. The van der Waals surface area contributed by atoms with Crippen LogP contribution in [0.25, 0.3) is 0 Å². The SMILES string of the molecule is CC(C)n1ncnc1CC1(O)CCC2(CC1)OCCO2. The Kier molecular flexibility index (Phi) is 3.56. The fourth-order valence-corrected chi connectivity index (χ4v) is 3.18. The van der Waals surface area contributed by atoms with Crippen LogP contribution in [-0.2, 0) is 15.9 Å². The molecule has 0 amide bonds. The number of aliphatic hydroxyl groups is 1. The second-order valence-electron chi connectivity index (χ2n) is 6.22. The molecule has 6 heteroatoms. The lowest BCUT2D eigenvalue weighted by atomic mass is 9.79. The standard InChI is InChI=1S/C14H23N3O3/c1-11(2)17-12(15-10-16-17)9-13(18)3-5-14(6-4-13)19-7-8-20-14/h10-11,18H,3-9H2,1-2H3. The molecule has 1 saturated carbocycles. The zero-order chi connectivity index (χ0) is 14.2. The second kappa shape index (κ2) is 5.09. The molecule has 2 heterocycles. The molecule has 6 nitrogen and oxygen atoms in total. The summed E-state index contributed by atoms with van der Waals surface area (Å²) in [6.45, 7) is 5.47. The zero-order valence-electron chi connectivity index (χ0n) is 12.2. The Labute approximate surface area is 119 Å². The van der Waals surface area contributed by atoms with Crippen molar-refractivity contribution in [2.75, 3.05) is 13.2 Å². The summed E-state index contributed by atoms with van der Waals surface area (Å²) < 4.78 is 13.3. The Morgan fingerprint density at radius 3 is 2.50 bits per heavy atom. The van der Waals surface area contributed by atoms with Crippen molar-refractivity contribution in [3.63, 3.8) is 0 Å². The van der Waals surface area contributed by atoms with E-state index >= 15 is 0 Å². The lowest BCUT2D eigenvalue weighted by Gasteiger charge is -2.40. The third kappa shape index (κ3) is 2.60. The Morgan fingerprint density at radius 2 is 1.90 bits per heavy atom. The van der Waals surface area contributed by atoms with Crippen LogP contribution in [0.15, 0.2) is 6.33 Å². The monoisotopic (exact) mass is 281 g/mol. The quantitative estimate of drug-likeness (QED) is 0.908. The van der Waals surface area contributed by atoms with E-state index in [1.54, 1.807) is 6.33 Å². The van der Waals surface area contributed by atoms with Gasteiger partial charge in [0, 0.05) is 25.3 Å². The Balaban J connectivity index is 1.67. The van der Waals surface area contributed by atoms with Crippen molar-refractivity contribution in [3.8, 4) is 0 Å². The minimum absolute atomic E-state index is 0.257. The molecule has 1 aromatic heterocycles. The van der Waals surface area contributed by atoms with Crippen molar-refractivity contribution in [2.24, 2.45) is 0 Å². The van der Waals surface area contributed by atoms with Gasteiger partial charge in [-0.2, -0.15) is 5.10 Å². The third-order valence-corrected chi connectivity index (χ3v) is 4.38. The number of aromatic nitrogens is 3. The molecule has 1 aromatic rings. The van der Waals surface area contributed by atoms with Crippen molar-refractivity contribution in [3.05, 3.63) is 12.2 Å². The lowest BCUT2D eigenvalue weighted by Crippen LogP contribution is -2.45. The summed E-state index contributed by atoms with van der Waals surface area (Å²) in [4.78, 5) is 4.30. The number of ether oxygens (including phenoxy) is 2. The van der Waals surface area contributed by atoms with Crippen LogP contribution in [0.3, 0.4) is 0 Å². The highest BCUT2D eigenvalue weighted by atomic mass is 16.7. The van der Waals surface area contributed by atoms with E-state index in [4.69, 9.17) is 9.47 Å². The Morgan fingerprint density at radius 1 is 1.25 bits per heavy atom. The van der Waals surface area contributed by atoms with Crippen molar-refractivity contribution in [1.82, 2.24) is 14.8 Å². The predicted molar refractivity (Wildman–Crippen MR) is 72.2 cm³/mol. The number of hydrogen-bond donors (Lipinski definition) is 1. The van der Waals surface area contributed by atoms with Crippen LogP contribution in [-0.4, -0.2) is 44.5 Å². The summed E-state index contributed by atoms with van der Waals surface area (Å²) in [5, 5.41) is 15.0. The molecule has 1 aliphatic heterocycles. The van der Waals surface area contributed by atoms with Gasteiger partial charge in [-0.15, -0.1) is 0 Å². The molecule has 0 bridgehead atoms. The van der Waals surface area contributed by atoms with E-state index in [-0.39, 0.29) is 6.04 Å². The normalized spacial score (nSPS) is 24.6. The van der Waals surface area contributed by atoms with Crippen molar-refractivity contribution in [2.45, 2.75) is 63.4 Å². The highest BCUT2D eigenvalue weighted by molar-refractivity contribution is 5.00. The van der Waals surface area contributed by atoms with Crippen LogP contribution in [0.4, 0.5) is 0 Å². The van der Waals surface area contributed by atoms with Crippen LogP contribution in [0.1, 0.15) is 51.4 Å². The molecule has 112 valence electrons. The van der Waals surface area contributed by atoms with Gasteiger partial charge in [0.25, 0.3) is 0 Å². The van der Waals surface area contributed by atoms with E-state index in [0.29, 0.717) is 32.5 Å². The van der Waals surface area contributed by atoms with E-state index in [1.165, 1.54) is 0 Å². The van der Waals surface area contributed by atoms with Crippen molar-refractivity contribution >= 4 is 0 Å². The summed E-state index contributed by atoms with van der Waals surface area (Å²) in [6, 6.07) is 0.257. The van der Waals surface area contributed by atoms with Gasteiger partial charge < -0.3 is 14.6 Å². The molecule has 1 spiro atoms. The van der Waals surface area contributed by atoms with Gasteiger partial charge in [0.1, 0.15) is 12.2 Å². The van der Waals surface area contributed by atoms with Gasteiger partial charge in [0.05, 0.1) is 18.8 Å². The molecule has 0 aromatic carbocycles. The number of rotatable bonds is 3. The second-order valence-corrected chi connectivity index (χ2v) is 6.22. The average molecular weight is 281 g/mol. The molecule has 1 saturated heterocycles. The number of hydrogen-bond acceptors (Lipinski definition) is 5. The summed E-state index contributed by atoms with van der Waals surface area (Å²) in [6.07, 6.45) is 4.96. The molecule has 20 heavy (non-hydrogen) atoms. The molecule has 0 radical (unpaired) electrons. The van der Waals surface area contributed by atoms with Gasteiger partial charge in [-0.05, 0) is 26.7 Å². The van der Waals surface area contributed by atoms with E-state index in [9.17, 15) is 5.11 Å². The molecular weight excluding hydrogens is 258 g/mol. The van der Waals surface area contributed by atoms with Gasteiger partial charge in [0.15, 0.2) is 5.79 Å². The summed E-state index contributed by atoms with van der Waals surface area (Å²) in [5.74, 6) is 0.421. The molecular formula is C14H23N3O3. The zero-order valence-corrected chi connectivity index (χ0v) is 12.2. The van der Waals surface area contributed by atoms with Gasteiger partial charge >= 0.3 is 0 Å². The van der Waals surface area contributed by atoms with E-state index < -0.39 is 11.4 Å². The molecule has 2 aliphatic rings. The fourth-order valence-electron chi connectivity index (χ4n) is 3.18. The molecule has 0 atom stereocenters. The Hall–Kier alpha value is -0.980. The first-order valence-electron chi connectivity index (χ1n) is 7.41. The van der Waals surface area contributed by atoms with E-state index in [1.807, 2.05) is 4.68 Å². The summed E-state index contributed by atoms with van der Waals surface area (Å²) in [5.41, 5.74) is -0.722. The van der Waals surface area contributed by atoms with Crippen LogP contribution in [0, 0.1) is 0 Å². The maximum absolute atomic E-state index is 10.8. The molecule has 0 unspecified atom stereocenters. The fraction of sp³-hybridized carbons (Fsp3) is 0.857. The largest absolute Gasteiger partial charge is 0.389 e. The maximum Gasteiger partial charge on any atom is 0.168 e. The highest BCUT2D eigenvalue weighted by Crippen LogP contribution is 2.41. The molecule has 1 N–H and O–H groups in total. The minimum Gasteiger partial charge on any atom is -0.389 e. The summed E-state index contributed by atoms with van der Waals surface area (Å²) in [7, 11) is 0. The predicted octanol–water partition coefficient (Wildman–Crippen LogP) is 1.45. The first-order valence-corrected chi connectivity index (χ1v) is 7.41. The lowest BCUT2D eigenvalue weighted by molar-refractivity contribution is -0.202. The van der Waals surface area contributed by atoms with Crippen LogP contribution in [0.5, 0.6) is 0 Å². The van der Waals surface area contributed by atoms with Crippen LogP contribution < -0.4 is 0 Å². The molecule has 2 fully saturated rings. The number of nitrogens with zero attached hydrogens (tertiary/aromatic N) is 3. The highest BCUT2D eigenvalue weighted by Gasteiger charge is 2.45. The van der Waals surface area contributed by atoms with Crippen LogP contribution >= 0.6 is 0 Å². The molecule has 1 aliphatic carbocycles. The smallest absolute Gasteiger partial charge is 0.168 e. The minimum atomic E-state index is -0.722. The van der Waals surface area contributed by atoms with E-state index in [2.05, 4.69) is 23.9 Å². The van der Waals surface area contributed by atoms with E-state index in [0.717, 1.165) is 18.7 Å². The Bertz CT molecular complexity index is 456. The first-order chi connectivity index (χ1) is 9.52. The van der Waals surface area contributed by atoms with Gasteiger partial charge in [-0.25, -0.2) is 9.67 Å². The first kappa shape index (κ1) is 14.0. The molecule has 3 rings (SSSR count). The van der Waals surface area contributed by atoms with Crippen molar-refractivity contribution < 1.29 is 14.6 Å². The third-order valence-electron chi connectivity index (χ3n) is 4.38. The van der Waals surface area contributed by atoms with Gasteiger partial charge in [-0.1, -0.05) is 0 Å². The summed E-state index contributed by atoms with van der Waals surface area (Å²) >= 11 is 0. The van der Waals surface area contributed by atoms with Crippen molar-refractivity contribution in [1.29, 1.82) is 0 Å². The average Bonchev–Trinajstić information content (AvgIpc) is 3.03. The topological polar surface area (TPSA) is 69.4 Å². The van der Waals surface area contributed by atoms with Crippen LogP contribution in [0.2, 0.25) is 0 Å².